The molecule has 6 heteroatoms. The Hall–Kier alpha value is -1.72. The predicted molar refractivity (Wildman–Crippen MR) is 62.7 cm³/mol. The Kier molecular flexibility index (Phi) is 3.97. The van der Waals surface area contributed by atoms with Gasteiger partial charge in [0, 0.05) is 5.92 Å². The Bertz CT molecular complexity index is 455. The SMILES string of the molecule is O=C(NCCOc1cccc(C(F)(F)F)c1)C1CC1. The van der Waals surface area contributed by atoms with Crippen molar-refractivity contribution in [2.24, 2.45) is 5.92 Å². The molecule has 0 unspecified atom stereocenters. The summed E-state index contributed by atoms with van der Waals surface area (Å²) in [7, 11) is 0. The van der Waals surface area contributed by atoms with E-state index in [4.69, 9.17) is 4.74 Å². The first-order chi connectivity index (χ1) is 8.97. The van der Waals surface area contributed by atoms with Crippen LogP contribution < -0.4 is 10.1 Å². The van der Waals surface area contributed by atoms with Gasteiger partial charge in [0.15, 0.2) is 0 Å². The van der Waals surface area contributed by atoms with Crippen LogP contribution >= 0.6 is 0 Å². The minimum absolute atomic E-state index is 0.00681. The molecule has 2 rings (SSSR count). The Labute approximate surface area is 108 Å². The molecule has 0 aromatic heterocycles. The van der Waals surface area contributed by atoms with Crippen LogP contribution in [0.1, 0.15) is 18.4 Å². The highest BCUT2D eigenvalue weighted by Gasteiger charge is 2.30. The van der Waals surface area contributed by atoms with E-state index in [1.807, 2.05) is 0 Å². The summed E-state index contributed by atoms with van der Waals surface area (Å²) in [6.07, 6.45) is -2.54. The smallest absolute Gasteiger partial charge is 0.416 e. The summed E-state index contributed by atoms with van der Waals surface area (Å²) in [5.74, 6) is 0.261. The molecule has 1 N–H and O–H groups in total. The number of nitrogens with one attached hydrogen (secondary N) is 1. The number of amides is 1. The van der Waals surface area contributed by atoms with Crippen LogP contribution in [-0.4, -0.2) is 19.1 Å². The minimum atomic E-state index is -4.38. The molecule has 1 saturated carbocycles. The summed E-state index contributed by atoms with van der Waals surface area (Å²) < 4.78 is 42.5. The lowest BCUT2D eigenvalue weighted by Gasteiger charge is -2.10. The standard InChI is InChI=1S/C13H14F3NO2/c14-13(15,16)10-2-1-3-11(8-10)19-7-6-17-12(18)9-4-5-9/h1-3,8-9H,4-7H2,(H,17,18). The van der Waals surface area contributed by atoms with Gasteiger partial charge in [-0.1, -0.05) is 6.07 Å². The predicted octanol–water partition coefficient (Wildman–Crippen LogP) is 2.61. The molecule has 0 radical (unpaired) electrons. The maximum Gasteiger partial charge on any atom is 0.416 e. The first kappa shape index (κ1) is 13.7. The first-order valence-corrected chi connectivity index (χ1v) is 6.04. The largest absolute Gasteiger partial charge is 0.492 e. The van der Waals surface area contributed by atoms with E-state index in [1.165, 1.54) is 12.1 Å². The summed E-state index contributed by atoms with van der Waals surface area (Å²) in [5.41, 5.74) is -0.744. The molecular formula is C13H14F3NO2. The molecule has 1 aliphatic rings. The molecular weight excluding hydrogens is 259 g/mol. The zero-order chi connectivity index (χ0) is 13.9. The van der Waals surface area contributed by atoms with Crippen molar-refractivity contribution in [3.63, 3.8) is 0 Å². The van der Waals surface area contributed by atoms with E-state index < -0.39 is 11.7 Å². The number of benzene rings is 1. The third-order valence-corrected chi connectivity index (χ3v) is 2.78. The van der Waals surface area contributed by atoms with E-state index in [0.29, 0.717) is 6.54 Å². The van der Waals surface area contributed by atoms with E-state index in [2.05, 4.69) is 5.32 Å². The van der Waals surface area contributed by atoms with E-state index >= 15 is 0 Å². The fraction of sp³-hybridized carbons (Fsp3) is 0.462. The maximum absolute atomic E-state index is 12.4. The van der Waals surface area contributed by atoms with Gasteiger partial charge in [-0.15, -0.1) is 0 Å². The van der Waals surface area contributed by atoms with Gasteiger partial charge in [-0.05, 0) is 31.0 Å². The molecule has 104 valence electrons. The molecule has 1 amide bonds. The Morgan fingerprint density at radius 3 is 2.74 bits per heavy atom. The van der Waals surface area contributed by atoms with E-state index in [-0.39, 0.29) is 24.2 Å². The number of hydrogen-bond acceptors (Lipinski definition) is 2. The maximum atomic E-state index is 12.4. The molecule has 1 aromatic carbocycles. The summed E-state index contributed by atoms with van der Waals surface area (Å²) in [5, 5.41) is 2.67. The Balaban J connectivity index is 1.77. The van der Waals surface area contributed by atoms with Gasteiger partial charge in [0.25, 0.3) is 0 Å². The summed E-state index contributed by atoms with van der Waals surface area (Å²) in [4.78, 5) is 11.3. The van der Waals surface area contributed by atoms with Crippen LogP contribution in [0.5, 0.6) is 5.75 Å². The van der Waals surface area contributed by atoms with E-state index in [0.717, 1.165) is 25.0 Å². The lowest BCUT2D eigenvalue weighted by molar-refractivity contribution is -0.137. The van der Waals surface area contributed by atoms with Gasteiger partial charge in [0.2, 0.25) is 5.91 Å². The molecule has 3 nitrogen and oxygen atoms in total. The molecule has 0 heterocycles. The van der Waals surface area contributed by atoms with Crippen molar-refractivity contribution < 1.29 is 22.7 Å². The summed E-state index contributed by atoms with van der Waals surface area (Å²) in [6, 6.07) is 4.68. The monoisotopic (exact) mass is 273 g/mol. The molecule has 0 spiro atoms. The van der Waals surface area contributed by atoms with Crippen LogP contribution in [0, 0.1) is 5.92 Å². The fourth-order valence-corrected chi connectivity index (χ4v) is 1.60. The van der Waals surface area contributed by atoms with Gasteiger partial charge in [0.1, 0.15) is 12.4 Å². The first-order valence-electron chi connectivity index (χ1n) is 6.04. The average Bonchev–Trinajstić information content (AvgIpc) is 3.18. The fourth-order valence-electron chi connectivity index (χ4n) is 1.60. The van der Waals surface area contributed by atoms with Gasteiger partial charge in [0.05, 0.1) is 12.1 Å². The molecule has 19 heavy (non-hydrogen) atoms. The van der Waals surface area contributed by atoms with Gasteiger partial charge in [-0.3, -0.25) is 4.79 Å². The Morgan fingerprint density at radius 2 is 2.11 bits per heavy atom. The van der Waals surface area contributed by atoms with Crippen LogP contribution in [0.25, 0.3) is 0 Å². The van der Waals surface area contributed by atoms with Gasteiger partial charge in [-0.25, -0.2) is 0 Å². The molecule has 0 aliphatic heterocycles. The third-order valence-electron chi connectivity index (χ3n) is 2.78. The molecule has 1 aromatic rings. The van der Waals surface area contributed by atoms with Crippen LogP contribution in [-0.2, 0) is 11.0 Å². The molecule has 1 fully saturated rings. The highest BCUT2D eigenvalue weighted by atomic mass is 19.4. The highest BCUT2D eigenvalue weighted by Crippen LogP contribution is 2.31. The van der Waals surface area contributed by atoms with Gasteiger partial charge in [-0.2, -0.15) is 13.2 Å². The molecule has 0 bridgehead atoms. The normalized spacial score (nSPS) is 15.1. The minimum Gasteiger partial charge on any atom is -0.492 e. The Morgan fingerprint density at radius 1 is 1.37 bits per heavy atom. The zero-order valence-electron chi connectivity index (χ0n) is 10.2. The average molecular weight is 273 g/mol. The van der Waals surface area contributed by atoms with Crippen molar-refractivity contribution in [1.82, 2.24) is 5.32 Å². The second-order valence-corrected chi connectivity index (χ2v) is 4.44. The second-order valence-electron chi connectivity index (χ2n) is 4.44. The van der Waals surface area contributed by atoms with Crippen LogP contribution in [0.3, 0.4) is 0 Å². The number of carbonyl (C=O) groups excluding carboxylic acids is 1. The highest BCUT2D eigenvalue weighted by molar-refractivity contribution is 5.80. The van der Waals surface area contributed by atoms with E-state index in [9.17, 15) is 18.0 Å². The van der Waals surface area contributed by atoms with Crippen molar-refractivity contribution in [1.29, 1.82) is 0 Å². The van der Waals surface area contributed by atoms with Crippen LogP contribution in [0.15, 0.2) is 24.3 Å². The number of carbonyl (C=O) groups is 1. The van der Waals surface area contributed by atoms with Gasteiger partial charge < -0.3 is 10.1 Å². The van der Waals surface area contributed by atoms with Gasteiger partial charge >= 0.3 is 6.18 Å². The number of halogens is 3. The second kappa shape index (κ2) is 5.50. The lowest BCUT2D eigenvalue weighted by atomic mass is 10.2. The third kappa shape index (κ3) is 4.15. The number of alkyl halides is 3. The molecule has 0 atom stereocenters. The zero-order valence-corrected chi connectivity index (χ0v) is 10.2. The number of ether oxygens (including phenoxy) is 1. The van der Waals surface area contributed by atoms with Crippen molar-refractivity contribution in [3.8, 4) is 5.75 Å². The van der Waals surface area contributed by atoms with Crippen LogP contribution in [0.4, 0.5) is 13.2 Å². The molecule has 0 saturated heterocycles. The quantitative estimate of drug-likeness (QED) is 0.837. The lowest BCUT2D eigenvalue weighted by Crippen LogP contribution is -2.29. The van der Waals surface area contributed by atoms with Crippen molar-refractivity contribution in [2.75, 3.05) is 13.2 Å². The summed E-state index contributed by atoms with van der Waals surface area (Å²) >= 11 is 0. The van der Waals surface area contributed by atoms with E-state index in [1.54, 1.807) is 0 Å². The van der Waals surface area contributed by atoms with Crippen LogP contribution in [0.2, 0.25) is 0 Å². The van der Waals surface area contributed by atoms with Crippen molar-refractivity contribution in [2.45, 2.75) is 19.0 Å². The topological polar surface area (TPSA) is 38.3 Å². The number of rotatable bonds is 5. The number of hydrogen-bond donors (Lipinski definition) is 1. The molecule has 1 aliphatic carbocycles. The van der Waals surface area contributed by atoms with Crippen molar-refractivity contribution in [3.05, 3.63) is 29.8 Å². The summed E-state index contributed by atoms with van der Waals surface area (Å²) in [6.45, 7) is 0.450. The van der Waals surface area contributed by atoms with Crippen molar-refractivity contribution >= 4 is 5.91 Å².